The van der Waals surface area contributed by atoms with Crippen molar-refractivity contribution < 1.29 is 28.8 Å². The predicted octanol–water partition coefficient (Wildman–Crippen LogP) is 3.69. The minimum atomic E-state index is -1.43. The van der Waals surface area contributed by atoms with E-state index in [4.69, 9.17) is 9.47 Å². The molecule has 0 saturated carbocycles. The molecule has 0 heterocycles. The number of nitro benzene ring substituents is 1. The van der Waals surface area contributed by atoms with Gasteiger partial charge in [0.05, 0.1) is 18.1 Å². The number of rotatable bonds is 10. The van der Waals surface area contributed by atoms with Gasteiger partial charge in [-0.3, -0.25) is 24.5 Å². The van der Waals surface area contributed by atoms with E-state index in [9.17, 15) is 24.5 Å². The fourth-order valence-electron chi connectivity index (χ4n) is 3.13. The number of ether oxygens (including phenoxy) is 2. The topological polar surface area (TPSA) is 113 Å². The average molecular weight is 413 g/mol. The normalized spacial score (nSPS) is 11.6. The van der Waals surface area contributed by atoms with Crippen LogP contribution in [0.2, 0.25) is 0 Å². The largest absolute Gasteiger partial charge is 0.465 e. The van der Waals surface area contributed by atoms with Crippen molar-refractivity contribution >= 4 is 23.4 Å². The van der Waals surface area contributed by atoms with Crippen molar-refractivity contribution in [1.29, 1.82) is 0 Å². The van der Waals surface area contributed by atoms with Crippen LogP contribution < -0.4 is 0 Å². The first-order chi connectivity index (χ1) is 14.4. The zero-order valence-corrected chi connectivity index (χ0v) is 16.8. The molecule has 158 valence electrons. The van der Waals surface area contributed by atoms with Crippen LogP contribution in [0.1, 0.15) is 42.1 Å². The van der Waals surface area contributed by atoms with Crippen molar-refractivity contribution in [2.45, 2.75) is 26.2 Å². The average Bonchev–Trinajstić information content (AvgIpc) is 2.74. The third-order valence-electron chi connectivity index (χ3n) is 4.49. The fourth-order valence-corrected chi connectivity index (χ4v) is 3.13. The quantitative estimate of drug-likeness (QED) is 0.192. The van der Waals surface area contributed by atoms with Gasteiger partial charge in [-0.1, -0.05) is 42.5 Å². The number of ketones is 1. The molecule has 0 aliphatic rings. The first kappa shape index (κ1) is 22.7. The SMILES string of the molecule is CCOC(=O)C(C(=O)OCC)C(CC(=O)c1ccccc1)c1cccc([N+](=O)[O-])c1. The van der Waals surface area contributed by atoms with E-state index in [0.29, 0.717) is 11.1 Å². The van der Waals surface area contributed by atoms with Crippen molar-refractivity contribution in [2.24, 2.45) is 5.92 Å². The number of carbonyl (C=O) groups is 3. The second-order valence-corrected chi connectivity index (χ2v) is 6.43. The van der Waals surface area contributed by atoms with Crippen molar-refractivity contribution in [1.82, 2.24) is 0 Å². The van der Waals surface area contributed by atoms with Gasteiger partial charge in [-0.25, -0.2) is 0 Å². The third-order valence-corrected chi connectivity index (χ3v) is 4.49. The standard InChI is InChI=1S/C22H23NO7/c1-3-29-21(25)20(22(26)30-4-2)18(14-19(24)15-9-6-5-7-10-15)16-11-8-12-17(13-16)23(27)28/h5-13,18,20H,3-4,14H2,1-2H3. The Morgan fingerprint density at radius 1 is 0.933 bits per heavy atom. The summed E-state index contributed by atoms with van der Waals surface area (Å²) in [5.74, 6) is -4.41. The molecule has 2 aromatic rings. The Balaban J connectivity index is 2.53. The first-order valence-corrected chi connectivity index (χ1v) is 9.54. The molecule has 8 heteroatoms. The van der Waals surface area contributed by atoms with Gasteiger partial charge in [-0.05, 0) is 19.4 Å². The van der Waals surface area contributed by atoms with E-state index < -0.39 is 28.7 Å². The third kappa shape index (κ3) is 5.73. The van der Waals surface area contributed by atoms with Crippen LogP contribution in [0.15, 0.2) is 54.6 Å². The van der Waals surface area contributed by atoms with Crippen molar-refractivity contribution in [3.63, 3.8) is 0 Å². The Kier molecular flexibility index (Phi) is 8.22. The van der Waals surface area contributed by atoms with Gasteiger partial charge in [0.2, 0.25) is 0 Å². The van der Waals surface area contributed by atoms with Gasteiger partial charge in [0.1, 0.15) is 0 Å². The monoisotopic (exact) mass is 413 g/mol. The number of nitrogens with zero attached hydrogens (tertiary/aromatic N) is 1. The van der Waals surface area contributed by atoms with E-state index in [2.05, 4.69) is 0 Å². The fraction of sp³-hybridized carbons (Fsp3) is 0.318. The summed E-state index contributed by atoms with van der Waals surface area (Å²) in [4.78, 5) is 48.8. The van der Waals surface area contributed by atoms with Gasteiger partial charge < -0.3 is 9.47 Å². The number of hydrogen-bond acceptors (Lipinski definition) is 7. The molecule has 2 aromatic carbocycles. The van der Waals surface area contributed by atoms with E-state index >= 15 is 0 Å². The lowest BCUT2D eigenvalue weighted by molar-refractivity contribution is -0.384. The first-order valence-electron chi connectivity index (χ1n) is 9.54. The van der Waals surface area contributed by atoms with Crippen LogP contribution in [0.25, 0.3) is 0 Å². The van der Waals surface area contributed by atoms with Crippen molar-refractivity contribution in [2.75, 3.05) is 13.2 Å². The van der Waals surface area contributed by atoms with Crippen LogP contribution in [-0.2, 0) is 19.1 Å². The van der Waals surface area contributed by atoms with E-state index in [0.717, 1.165) is 0 Å². The Morgan fingerprint density at radius 3 is 2.07 bits per heavy atom. The lowest BCUT2D eigenvalue weighted by Crippen LogP contribution is -2.34. The molecule has 0 bridgehead atoms. The van der Waals surface area contributed by atoms with Gasteiger partial charge >= 0.3 is 11.9 Å². The summed E-state index contributed by atoms with van der Waals surface area (Å²) >= 11 is 0. The predicted molar refractivity (Wildman–Crippen MR) is 108 cm³/mol. The van der Waals surface area contributed by atoms with Crippen molar-refractivity contribution in [3.05, 3.63) is 75.8 Å². The van der Waals surface area contributed by atoms with Gasteiger partial charge in [-0.2, -0.15) is 0 Å². The summed E-state index contributed by atoms with van der Waals surface area (Å²) in [7, 11) is 0. The van der Waals surface area contributed by atoms with E-state index in [-0.39, 0.29) is 31.1 Å². The highest BCUT2D eigenvalue weighted by atomic mass is 16.6. The molecule has 2 rings (SSSR count). The molecular formula is C22H23NO7. The molecule has 0 fully saturated rings. The van der Waals surface area contributed by atoms with Crippen molar-refractivity contribution in [3.8, 4) is 0 Å². The molecule has 0 aliphatic carbocycles. The molecule has 1 unspecified atom stereocenters. The molecule has 0 aliphatic heterocycles. The summed E-state index contributed by atoms with van der Waals surface area (Å²) in [5, 5.41) is 11.2. The summed E-state index contributed by atoms with van der Waals surface area (Å²) in [5.41, 5.74) is 0.495. The van der Waals surface area contributed by atoms with Crippen LogP contribution in [0, 0.1) is 16.0 Å². The Bertz CT molecular complexity index is 893. The number of carbonyl (C=O) groups excluding carboxylic acids is 3. The molecule has 30 heavy (non-hydrogen) atoms. The molecule has 0 amide bonds. The molecule has 0 saturated heterocycles. The molecule has 0 aromatic heterocycles. The zero-order chi connectivity index (χ0) is 22.1. The second kappa shape index (κ2) is 10.8. The number of benzene rings is 2. The summed E-state index contributed by atoms with van der Waals surface area (Å²) in [6, 6.07) is 13.9. The number of esters is 2. The highest BCUT2D eigenvalue weighted by Crippen LogP contribution is 2.33. The van der Waals surface area contributed by atoms with Crippen LogP contribution in [-0.4, -0.2) is 35.9 Å². The summed E-state index contributed by atoms with van der Waals surface area (Å²) in [6.07, 6.45) is -0.229. The number of non-ortho nitro benzene ring substituents is 1. The lowest BCUT2D eigenvalue weighted by atomic mass is 9.81. The highest BCUT2D eigenvalue weighted by Gasteiger charge is 2.40. The van der Waals surface area contributed by atoms with Crippen LogP contribution >= 0.6 is 0 Å². The minimum absolute atomic E-state index is 0.0308. The lowest BCUT2D eigenvalue weighted by Gasteiger charge is -2.24. The summed E-state index contributed by atoms with van der Waals surface area (Å²) in [6.45, 7) is 3.25. The molecule has 1 atom stereocenters. The maximum atomic E-state index is 12.9. The Labute approximate surface area is 174 Å². The van der Waals surface area contributed by atoms with Crippen LogP contribution in [0.3, 0.4) is 0 Å². The molecule has 8 nitrogen and oxygen atoms in total. The van der Waals surface area contributed by atoms with Gasteiger partial charge in [-0.15, -0.1) is 0 Å². The molecule has 0 radical (unpaired) electrons. The highest BCUT2D eigenvalue weighted by molar-refractivity contribution is 6.00. The summed E-state index contributed by atoms with van der Waals surface area (Å²) < 4.78 is 10.1. The minimum Gasteiger partial charge on any atom is -0.465 e. The van der Waals surface area contributed by atoms with E-state index in [1.54, 1.807) is 50.2 Å². The van der Waals surface area contributed by atoms with E-state index in [1.165, 1.54) is 18.2 Å². The number of Topliss-reactive ketones (excluding diaryl/α,β-unsaturated/α-hetero) is 1. The zero-order valence-electron chi connectivity index (χ0n) is 16.8. The van der Waals surface area contributed by atoms with Crippen LogP contribution in [0.5, 0.6) is 0 Å². The van der Waals surface area contributed by atoms with E-state index in [1.807, 2.05) is 0 Å². The van der Waals surface area contributed by atoms with Crippen LogP contribution in [0.4, 0.5) is 5.69 Å². The van der Waals surface area contributed by atoms with Gasteiger partial charge in [0.25, 0.3) is 5.69 Å². The molecule has 0 spiro atoms. The van der Waals surface area contributed by atoms with Gasteiger partial charge in [0, 0.05) is 30.0 Å². The maximum Gasteiger partial charge on any atom is 0.320 e. The number of nitro groups is 1. The maximum absolute atomic E-state index is 12.9. The molecule has 0 N–H and O–H groups in total. The second-order valence-electron chi connectivity index (χ2n) is 6.43. The smallest absolute Gasteiger partial charge is 0.320 e. The Hall–Kier alpha value is -3.55. The number of hydrogen-bond donors (Lipinski definition) is 0. The van der Waals surface area contributed by atoms with Gasteiger partial charge in [0.15, 0.2) is 11.7 Å². The Morgan fingerprint density at radius 2 is 1.53 bits per heavy atom. The molecular weight excluding hydrogens is 390 g/mol.